The zero-order chi connectivity index (χ0) is 9.97. The molecule has 0 amide bonds. The van der Waals surface area contributed by atoms with E-state index < -0.39 is 0 Å². The lowest BCUT2D eigenvalue weighted by Gasteiger charge is -2.08. The number of rotatable bonds is 2. The number of alkyl halides is 1. The van der Waals surface area contributed by atoms with Crippen LogP contribution in [0.25, 0.3) is 11.0 Å². The highest BCUT2D eigenvalue weighted by atomic mass is 35.5. The molecule has 0 saturated carbocycles. The number of nitrogens with one attached hydrogen (secondary N) is 1. The number of nitrogens with two attached hydrogens (primary N) is 1. The summed E-state index contributed by atoms with van der Waals surface area (Å²) in [5, 5.41) is 2.96. The normalized spacial score (nSPS) is 10.4. The highest BCUT2D eigenvalue weighted by molar-refractivity contribution is 6.19. The van der Waals surface area contributed by atoms with E-state index in [1.54, 1.807) is 12.4 Å². The van der Waals surface area contributed by atoms with Gasteiger partial charge in [-0.2, -0.15) is 0 Å². The van der Waals surface area contributed by atoms with Crippen molar-refractivity contribution < 1.29 is 0 Å². The summed E-state index contributed by atoms with van der Waals surface area (Å²) in [4.78, 5) is 8.35. The SMILES string of the molecule is Nc1cnc2cccnc2c1NCCl. The van der Waals surface area contributed by atoms with Gasteiger partial charge in [0.25, 0.3) is 0 Å². The molecule has 0 bridgehead atoms. The van der Waals surface area contributed by atoms with Gasteiger partial charge in [-0.1, -0.05) is 0 Å². The van der Waals surface area contributed by atoms with E-state index in [9.17, 15) is 0 Å². The Morgan fingerprint density at radius 2 is 2.29 bits per heavy atom. The average Bonchev–Trinajstić information content (AvgIpc) is 2.23. The van der Waals surface area contributed by atoms with E-state index in [1.807, 2.05) is 12.1 Å². The van der Waals surface area contributed by atoms with Crippen LogP contribution in [0.5, 0.6) is 0 Å². The highest BCUT2D eigenvalue weighted by Crippen LogP contribution is 2.25. The minimum atomic E-state index is 0.292. The third kappa shape index (κ3) is 1.44. The van der Waals surface area contributed by atoms with Crippen LogP contribution in [0.2, 0.25) is 0 Å². The number of nitrogen functional groups attached to an aromatic ring is 1. The molecule has 4 nitrogen and oxygen atoms in total. The predicted molar refractivity (Wildman–Crippen MR) is 58.3 cm³/mol. The molecule has 0 aliphatic rings. The van der Waals surface area contributed by atoms with Crippen molar-refractivity contribution in [3.63, 3.8) is 0 Å². The van der Waals surface area contributed by atoms with Crippen LogP contribution in [-0.4, -0.2) is 16.0 Å². The standard InChI is InChI=1S/C9H9ClN4/c10-5-14-8-6(11)4-13-7-2-1-3-12-9(7)8/h1-4H,5,11H2,(H,13,14). The van der Waals surface area contributed by atoms with Crippen LogP contribution >= 0.6 is 11.6 Å². The molecule has 2 aromatic heterocycles. The Morgan fingerprint density at radius 3 is 3.07 bits per heavy atom. The number of nitrogens with zero attached hydrogens (tertiary/aromatic N) is 2. The largest absolute Gasteiger partial charge is 0.396 e. The molecular weight excluding hydrogens is 200 g/mol. The van der Waals surface area contributed by atoms with Crippen molar-refractivity contribution in [2.75, 3.05) is 17.1 Å². The monoisotopic (exact) mass is 208 g/mol. The summed E-state index contributed by atoms with van der Waals surface area (Å²) >= 11 is 5.59. The van der Waals surface area contributed by atoms with Gasteiger partial charge in [-0.05, 0) is 12.1 Å². The van der Waals surface area contributed by atoms with E-state index in [1.165, 1.54) is 0 Å². The molecule has 0 aliphatic carbocycles. The highest BCUT2D eigenvalue weighted by Gasteiger charge is 2.05. The van der Waals surface area contributed by atoms with Crippen LogP contribution in [-0.2, 0) is 0 Å². The van der Waals surface area contributed by atoms with Crippen molar-refractivity contribution in [3.8, 4) is 0 Å². The Labute approximate surface area is 86.1 Å². The van der Waals surface area contributed by atoms with Crippen molar-refractivity contribution in [2.24, 2.45) is 0 Å². The van der Waals surface area contributed by atoms with Gasteiger partial charge in [0.15, 0.2) is 0 Å². The first-order chi connectivity index (χ1) is 6.83. The first kappa shape index (κ1) is 9.02. The van der Waals surface area contributed by atoms with Gasteiger partial charge >= 0.3 is 0 Å². The topological polar surface area (TPSA) is 63.8 Å². The van der Waals surface area contributed by atoms with Gasteiger partial charge in [-0.15, -0.1) is 11.6 Å². The van der Waals surface area contributed by atoms with Crippen LogP contribution in [0.15, 0.2) is 24.5 Å². The molecule has 0 unspecified atom stereocenters. The molecule has 2 rings (SSSR count). The summed E-state index contributed by atoms with van der Waals surface area (Å²) in [6.07, 6.45) is 3.29. The summed E-state index contributed by atoms with van der Waals surface area (Å²) in [5.41, 5.74) is 8.59. The van der Waals surface area contributed by atoms with E-state index in [2.05, 4.69) is 15.3 Å². The van der Waals surface area contributed by atoms with Gasteiger partial charge < -0.3 is 11.1 Å². The van der Waals surface area contributed by atoms with Gasteiger partial charge in [0.05, 0.1) is 29.1 Å². The molecule has 0 aromatic carbocycles. The molecule has 2 heterocycles. The maximum absolute atomic E-state index is 5.75. The van der Waals surface area contributed by atoms with Crippen molar-refractivity contribution >= 4 is 34.0 Å². The van der Waals surface area contributed by atoms with Crippen molar-refractivity contribution in [1.82, 2.24) is 9.97 Å². The number of fused-ring (bicyclic) bond motifs is 1. The zero-order valence-corrected chi connectivity index (χ0v) is 8.12. The number of hydrogen-bond acceptors (Lipinski definition) is 4. The molecule has 5 heteroatoms. The Morgan fingerprint density at radius 1 is 1.43 bits per heavy atom. The second kappa shape index (κ2) is 3.67. The summed E-state index contributed by atoms with van der Waals surface area (Å²) in [5.74, 6) is 0. The number of halogens is 1. The lowest BCUT2D eigenvalue weighted by Crippen LogP contribution is -2.02. The Hall–Kier alpha value is -1.55. The molecule has 0 radical (unpaired) electrons. The van der Waals surface area contributed by atoms with Gasteiger partial charge in [-0.25, -0.2) is 0 Å². The summed E-state index contributed by atoms with van der Waals surface area (Å²) in [6, 6.07) is 4.00. The predicted octanol–water partition coefficient (Wildman–Crippen LogP) is 1.82. The molecule has 0 fully saturated rings. The van der Waals surface area contributed by atoms with Crippen molar-refractivity contribution in [2.45, 2.75) is 0 Å². The minimum absolute atomic E-state index is 0.292. The lowest BCUT2D eigenvalue weighted by molar-refractivity contribution is 1.32. The van der Waals surface area contributed by atoms with Gasteiger partial charge in [0.1, 0.15) is 5.52 Å². The van der Waals surface area contributed by atoms with E-state index >= 15 is 0 Å². The Balaban J connectivity index is 2.69. The summed E-state index contributed by atoms with van der Waals surface area (Å²) < 4.78 is 0. The van der Waals surface area contributed by atoms with E-state index in [0.29, 0.717) is 11.7 Å². The summed E-state index contributed by atoms with van der Waals surface area (Å²) in [6.45, 7) is 0. The maximum Gasteiger partial charge on any atom is 0.114 e. The lowest BCUT2D eigenvalue weighted by atomic mass is 10.2. The molecule has 72 valence electrons. The first-order valence-electron chi connectivity index (χ1n) is 4.12. The third-order valence-electron chi connectivity index (χ3n) is 1.90. The molecular formula is C9H9ClN4. The molecule has 14 heavy (non-hydrogen) atoms. The second-order valence-corrected chi connectivity index (χ2v) is 3.04. The average molecular weight is 209 g/mol. The van der Waals surface area contributed by atoms with E-state index in [-0.39, 0.29) is 0 Å². The minimum Gasteiger partial charge on any atom is -0.396 e. The number of hydrogen-bond donors (Lipinski definition) is 2. The fourth-order valence-electron chi connectivity index (χ4n) is 1.29. The Kier molecular flexibility index (Phi) is 2.37. The molecule has 0 saturated heterocycles. The van der Waals surface area contributed by atoms with Gasteiger partial charge in [0.2, 0.25) is 0 Å². The van der Waals surface area contributed by atoms with Crippen molar-refractivity contribution in [1.29, 1.82) is 0 Å². The third-order valence-corrected chi connectivity index (χ3v) is 2.03. The molecule has 0 atom stereocenters. The molecule has 0 spiro atoms. The molecule has 0 aliphatic heterocycles. The van der Waals surface area contributed by atoms with E-state index in [4.69, 9.17) is 17.3 Å². The van der Waals surface area contributed by atoms with Crippen LogP contribution in [0.1, 0.15) is 0 Å². The summed E-state index contributed by atoms with van der Waals surface area (Å²) in [7, 11) is 0. The number of anilines is 2. The second-order valence-electron chi connectivity index (χ2n) is 2.77. The molecule has 3 N–H and O–H groups in total. The van der Waals surface area contributed by atoms with Crippen LogP contribution in [0.4, 0.5) is 11.4 Å². The smallest absolute Gasteiger partial charge is 0.114 e. The van der Waals surface area contributed by atoms with Crippen LogP contribution < -0.4 is 11.1 Å². The van der Waals surface area contributed by atoms with Gasteiger partial charge in [-0.3, -0.25) is 9.97 Å². The molecule has 2 aromatic rings. The quantitative estimate of drug-likeness (QED) is 0.584. The van der Waals surface area contributed by atoms with Crippen LogP contribution in [0.3, 0.4) is 0 Å². The number of aromatic nitrogens is 2. The zero-order valence-electron chi connectivity index (χ0n) is 7.37. The Bertz CT molecular complexity index is 458. The maximum atomic E-state index is 5.75. The van der Waals surface area contributed by atoms with Crippen molar-refractivity contribution in [3.05, 3.63) is 24.5 Å². The first-order valence-corrected chi connectivity index (χ1v) is 4.65. The van der Waals surface area contributed by atoms with Gasteiger partial charge in [0, 0.05) is 6.20 Å². The number of pyridine rings is 2. The fourth-order valence-corrected chi connectivity index (χ4v) is 1.42. The van der Waals surface area contributed by atoms with E-state index in [0.717, 1.165) is 16.7 Å². The fraction of sp³-hybridized carbons (Fsp3) is 0.111. The van der Waals surface area contributed by atoms with Crippen LogP contribution in [0, 0.1) is 0 Å².